The second-order valence-corrected chi connectivity index (χ2v) is 15.5. The largest absolute Gasteiger partial charge is 0.444 e. The quantitative estimate of drug-likeness (QED) is 0.379. The summed E-state index contributed by atoms with van der Waals surface area (Å²) in [5.41, 5.74) is 0. The third kappa shape index (κ3) is 8.67. The van der Waals surface area contributed by atoms with E-state index in [4.69, 9.17) is 4.52 Å². The van der Waals surface area contributed by atoms with Gasteiger partial charge in [0.1, 0.15) is 6.04 Å². The van der Waals surface area contributed by atoms with E-state index >= 15 is 0 Å². The number of hydrogen-bond acceptors (Lipinski definition) is 6. The molecule has 1 aliphatic rings. The van der Waals surface area contributed by atoms with Gasteiger partial charge in [-0.1, -0.05) is 8.73 Å². The minimum Gasteiger partial charge on any atom is -0.444 e. The van der Waals surface area contributed by atoms with Crippen molar-refractivity contribution in [2.24, 2.45) is 0 Å². The second kappa shape index (κ2) is 12.1. The first-order valence-electron chi connectivity index (χ1n) is 8.96. The Morgan fingerprint density at radius 2 is 2.04 bits per heavy atom. The van der Waals surface area contributed by atoms with Crippen molar-refractivity contribution in [1.29, 1.82) is 0 Å². The fourth-order valence-corrected chi connectivity index (χ4v) is 7.48. The molecule has 10 heteroatoms. The molecule has 3 atom stereocenters. The van der Waals surface area contributed by atoms with E-state index in [2.05, 4.69) is 35.1 Å². The maximum Gasteiger partial charge on any atom is 0.326 e. The topological polar surface area (TPSA) is 70.7 Å². The first-order valence-corrected chi connectivity index (χ1v) is 16.7. The van der Waals surface area contributed by atoms with Gasteiger partial charge in [-0.15, -0.1) is 11.8 Å². The van der Waals surface area contributed by atoms with Gasteiger partial charge in [-0.3, -0.25) is 14.7 Å². The van der Waals surface area contributed by atoms with Crippen LogP contribution in [0.25, 0.3) is 0 Å². The summed E-state index contributed by atoms with van der Waals surface area (Å²) in [5.74, 6) is 1.01. The number of thioether (sulfide) groups is 1. The first kappa shape index (κ1) is 24.5. The third-order valence-corrected chi connectivity index (χ3v) is 8.47. The van der Waals surface area contributed by atoms with Crippen LogP contribution in [0.2, 0.25) is 0 Å². The summed E-state index contributed by atoms with van der Waals surface area (Å²) in [4.78, 5) is 24.6. The number of carbonyl (C=O) groups excluding carboxylic acids is 2. The molecule has 0 saturated carbocycles. The summed E-state index contributed by atoms with van der Waals surface area (Å²) >= 11 is 1.74. The van der Waals surface area contributed by atoms with Crippen molar-refractivity contribution in [2.75, 3.05) is 58.8 Å². The van der Waals surface area contributed by atoms with Gasteiger partial charge in [0.15, 0.2) is 5.37 Å². The zero-order valence-corrected chi connectivity index (χ0v) is 20.5. The molecule has 1 heterocycles. The van der Waals surface area contributed by atoms with Crippen LogP contribution < -0.4 is 10.4 Å². The smallest absolute Gasteiger partial charge is 0.326 e. The molecule has 0 radical (unpaired) electrons. The van der Waals surface area contributed by atoms with Crippen molar-refractivity contribution >= 4 is 47.9 Å². The highest BCUT2D eigenvalue weighted by atomic mass is 32.2. The molecule has 1 amide bonds. The number of rotatable bonds is 11. The van der Waals surface area contributed by atoms with Crippen LogP contribution in [0, 0.1) is 0 Å². The van der Waals surface area contributed by atoms with Gasteiger partial charge >= 0.3 is 5.97 Å². The number of unbranched alkanes of at least 4 members (excludes halogenated alkanes) is 1. The Morgan fingerprint density at radius 3 is 2.62 bits per heavy atom. The standard InChI is InChI=1S/C16H34N3O3P3S/c1-23-18-13(16(21)22-24(2)3)9-7-8-10-17-14(20)15-19(11-12-26-15)25(4,5)6/h13,15,18,23H,7-12H2,1-6H3/p+1/t13-,15?/m0/s1. The number of hydrogen-bond donors (Lipinski definition) is 2. The molecule has 0 aromatic heterocycles. The lowest BCUT2D eigenvalue weighted by molar-refractivity contribution is -0.135. The summed E-state index contributed by atoms with van der Waals surface area (Å²) in [6, 6.07) is -0.231. The van der Waals surface area contributed by atoms with E-state index in [1.807, 2.05) is 20.0 Å². The van der Waals surface area contributed by atoms with E-state index in [9.17, 15) is 9.59 Å². The second-order valence-electron chi connectivity index (χ2n) is 7.28. The van der Waals surface area contributed by atoms with Crippen LogP contribution in [0.1, 0.15) is 19.3 Å². The Kier molecular flexibility index (Phi) is 11.5. The Hall–Kier alpha value is 0.500. The van der Waals surface area contributed by atoms with E-state index in [1.165, 1.54) is 0 Å². The van der Waals surface area contributed by atoms with Gasteiger partial charge < -0.3 is 9.84 Å². The maximum absolute atomic E-state index is 12.5. The summed E-state index contributed by atoms with van der Waals surface area (Å²) in [6.07, 6.45) is 2.51. The third-order valence-electron chi connectivity index (χ3n) is 3.96. The van der Waals surface area contributed by atoms with Crippen LogP contribution in [-0.4, -0.2) is 86.8 Å². The molecule has 2 N–H and O–H groups in total. The van der Waals surface area contributed by atoms with Crippen LogP contribution in [0.3, 0.4) is 0 Å². The monoisotopic (exact) mass is 442 g/mol. The van der Waals surface area contributed by atoms with Crippen molar-refractivity contribution in [2.45, 2.75) is 30.7 Å². The molecule has 1 aliphatic heterocycles. The van der Waals surface area contributed by atoms with Gasteiger partial charge in [0.2, 0.25) is 0 Å². The number of nitrogens with zero attached hydrogens (tertiary/aromatic N) is 1. The highest BCUT2D eigenvalue weighted by Gasteiger charge is 2.42. The number of carbonyl (C=O) groups is 2. The lowest BCUT2D eigenvalue weighted by Crippen LogP contribution is -2.41. The molecular weight excluding hydrogens is 407 g/mol. The van der Waals surface area contributed by atoms with Gasteiger partial charge in [0, 0.05) is 18.8 Å². The minimum absolute atomic E-state index is 0.0395. The van der Waals surface area contributed by atoms with Crippen molar-refractivity contribution in [3.63, 3.8) is 0 Å². The zero-order valence-electron chi connectivity index (χ0n) is 16.9. The summed E-state index contributed by atoms with van der Waals surface area (Å²) in [7, 11) is -1.34. The molecule has 0 bridgehead atoms. The molecule has 0 aromatic rings. The molecule has 0 spiro atoms. The average molecular weight is 442 g/mol. The predicted molar refractivity (Wildman–Crippen MR) is 121 cm³/mol. The van der Waals surface area contributed by atoms with Crippen molar-refractivity contribution in [3.8, 4) is 0 Å². The first-order chi connectivity index (χ1) is 12.2. The summed E-state index contributed by atoms with van der Waals surface area (Å²) in [6.45, 7) is 14.3. The zero-order chi connectivity index (χ0) is 19.7. The Balaban J connectivity index is 2.32. The maximum atomic E-state index is 12.5. The van der Waals surface area contributed by atoms with E-state index in [0.29, 0.717) is 15.3 Å². The highest BCUT2D eigenvalue weighted by Crippen LogP contribution is 2.55. The summed E-state index contributed by atoms with van der Waals surface area (Å²) in [5, 5.41) is 6.26. The van der Waals surface area contributed by atoms with Crippen molar-refractivity contribution in [1.82, 2.24) is 15.1 Å². The van der Waals surface area contributed by atoms with Gasteiger partial charge in [0.05, 0.1) is 35.6 Å². The van der Waals surface area contributed by atoms with Crippen LogP contribution in [0.5, 0.6) is 0 Å². The molecule has 0 aromatic carbocycles. The molecule has 1 saturated heterocycles. The fraction of sp³-hybridized carbons (Fsp3) is 0.875. The Morgan fingerprint density at radius 1 is 1.35 bits per heavy atom. The Labute approximate surface area is 166 Å². The van der Waals surface area contributed by atoms with Gasteiger partial charge in [-0.2, -0.15) is 4.67 Å². The van der Waals surface area contributed by atoms with Crippen LogP contribution in [0.15, 0.2) is 0 Å². The molecule has 1 rings (SSSR count). The van der Waals surface area contributed by atoms with Crippen LogP contribution in [-0.2, 0) is 14.1 Å². The lowest BCUT2D eigenvalue weighted by atomic mass is 10.1. The predicted octanol–water partition coefficient (Wildman–Crippen LogP) is 2.85. The molecule has 26 heavy (non-hydrogen) atoms. The number of amides is 1. The van der Waals surface area contributed by atoms with E-state index < -0.39 is 15.6 Å². The van der Waals surface area contributed by atoms with Crippen LogP contribution >= 0.6 is 36.1 Å². The van der Waals surface area contributed by atoms with Gasteiger partial charge in [-0.05, 0) is 39.3 Å². The fourth-order valence-electron chi connectivity index (χ4n) is 2.73. The average Bonchev–Trinajstić information content (AvgIpc) is 3.02. The molecule has 1 fully saturated rings. The van der Waals surface area contributed by atoms with Crippen molar-refractivity contribution in [3.05, 3.63) is 0 Å². The molecule has 6 nitrogen and oxygen atoms in total. The minimum atomic E-state index is -1.17. The van der Waals surface area contributed by atoms with E-state index in [-0.39, 0.29) is 23.3 Å². The lowest BCUT2D eigenvalue weighted by Gasteiger charge is -2.28. The number of nitrogens with one attached hydrogen (secondary N) is 2. The molecule has 0 aliphatic carbocycles. The van der Waals surface area contributed by atoms with E-state index in [0.717, 1.165) is 31.6 Å². The summed E-state index contributed by atoms with van der Waals surface area (Å²) < 4.78 is 7.74. The molecule has 2 unspecified atom stereocenters. The van der Waals surface area contributed by atoms with E-state index in [1.54, 1.807) is 11.8 Å². The van der Waals surface area contributed by atoms with Gasteiger partial charge in [-0.25, -0.2) is 0 Å². The Bertz CT molecular complexity index is 464. The SMILES string of the molecule is CPN[C@@H](CCCCNC(=O)C1SCCN1[P+](C)(C)C)C(=O)OP(C)C. The van der Waals surface area contributed by atoms with Crippen LogP contribution in [0.4, 0.5) is 0 Å². The van der Waals surface area contributed by atoms with Gasteiger partial charge in [0.25, 0.3) is 5.91 Å². The normalized spacial score (nSPS) is 20.0. The highest BCUT2D eigenvalue weighted by molar-refractivity contribution is 8.01. The molecular formula is C16H35N3O3P3S+. The van der Waals surface area contributed by atoms with Crippen molar-refractivity contribution < 1.29 is 14.1 Å². The molecule has 152 valence electrons.